The van der Waals surface area contributed by atoms with E-state index in [2.05, 4.69) is 32.8 Å². The molecular weight excluding hydrogens is 524 g/mol. The number of nitrogens with zero attached hydrogens (tertiary/aromatic N) is 3. The molecule has 0 radical (unpaired) electrons. The summed E-state index contributed by atoms with van der Waals surface area (Å²) in [6.45, 7) is 5.09. The van der Waals surface area contributed by atoms with Gasteiger partial charge in [-0.2, -0.15) is 0 Å². The van der Waals surface area contributed by atoms with Crippen LogP contribution in [0.3, 0.4) is 0 Å². The predicted octanol–water partition coefficient (Wildman–Crippen LogP) is 2.32. The van der Waals surface area contributed by atoms with Crippen LogP contribution in [0, 0.1) is 5.92 Å². The molecule has 41 heavy (non-hydrogen) atoms. The molecule has 2 aromatic rings. The minimum Gasteiger partial charge on any atom is -0.480 e. The Morgan fingerprint density at radius 3 is 2.15 bits per heavy atom. The van der Waals surface area contributed by atoms with E-state index in [-0.39, 0.29) is 37.1 Å². The van der Waals surface area contributed by atoms with E-state index in [1.165, 1.54) is 6.92 Å². The number of aliphatic carboxylic acids is 1. The summed E-state index contributed by atoms with van der Waals surface area (Å²) in [6.07, 6.45) is 8.60. The first-order valence-electron chi connectivity index (χ1n) is 13.7. The van der Waals surface area contributed by atoms with Crippen molar-refractivity contribution in [3.63, 3.8) is 0 Å². The highest BCUT2D eigenvalue weighted by Gasteiger charge is 2.19. The summed E-state index contributed by atoms with van der Waals surface area (Å²) < 4.78 is 0. The van der Waals surface area contributed by atoms with Gasteiger partial charge in [0.1, 0.15) is 6.04 Å². The Morgan fingerprint density at radius 1 is 0.951 bits per heavy atom. The van der Waals surface area contributed by atoms with Crippen LogP contribution >= 0.6 is 0 Å². The molecular formula is C30H38N6O5. The van der Waals surface area contributed by atoms with Crippen molar-refractivity contribution >= 4 is 23.7 Å². The SMILES string of the molecule is CC1CC(NC(=O)CN(Cc2ccccn2)Cc2ccccn2)=CC=C1CCNC(=O)CCC(=O)N[C@H](C)C(=O)O. The molecule has 1 aliphatic rings. The molecule has 2 atom stereocenters. The largest absolute Gasteiger partial charge is 0.480 e. The zero-order valence-electron chi connectivity index (χ0n) is 23.5. The average Bonchev–Trinajstić information content (AvgIpc) is 2.94. The lowest BCUT2D eigenvalue weighted by atomic mass is 9.89. The van der Waals surface area contributed by atoms with Crippen LogP contribution < -0.4 is 16.0 Å². The number of hydrogen-bond donors (Lipinski definition) is 4. The smallest absolute Gasteiger partial charge is 0.325 e. The lowest BCUT2D eigenvalue weighted by molar-refractivity contribution is -0.141. The van der Waals surface area contributed by atoms with Crippen LogP contribution in [-0.4, -0.2) is 62.8 Å². The van der Waals surface area contributed by atoms with E-state index in [4.69, 9.17) is 5.11 Å². The normalized spacial score (nSPS) is 15.3. The standard InChI is InChI=1S/C30H38N6O5/c1-21-17-24(10-9-23(21)13-16-33-27(37)11-12-28(38)34-22(2)30(40)41)35-29(39)20-36(18-25-7-3-5-14-31-25)19-26-8-4-6-15-32-26/h3-10,14-15,21-22H,11-13,16-20H2,1-2H3,(H,33,37)(H,34,38)(H,35,39)(H,40,41)/t21?,22-/m1/s1. The minimum atomic E-state index is -1.13. The van der Waals surface area contributed by atoms with Crippen LogP contribution in [0.1, 0.15) is 50.9 Å². The molecule has 0 saturated carbocycles. The fourth-order valence-corrected chi connectivity index (χ4v) is 4.39. The quantitative estimate of drug-likeness (QED) is 0.258. The Balaban J connectivity index is 1.46. The number of pyridine rings is 2. The third-order valence-electron chi connectivity index (χ3n) is 6.61. The van der Waals surface area contributed by atoms with Crippen molar-refractivity contribution in [2.24, 2.45) is 5.92 Å². The predicted molar refractivity (Wildman–Crippen MR) is 153 cm³/mol. The molecule has 218 valence electrons. The van der Waals surface area contributed by atoms with Crippen molar-refractivity contribution in [2.45, 2.75) is 58.7 Å². The third-order valence-corrected chi connectivity index (χ3v) is 6.61. The fraction of sp³-hybridized carbons (Fsp3) is 0.400. The molecule has 3 rings (SSSR count). The fourth-order valence-electron chi connectivity index (χ4n) is 4.39. The summed E-state index contributed by atoms with van der Waals surface area (Å²) in [4.78, 5) is 58.4. The Bertz CT molecular complexity index is 1210. The first-order chi connectivity index (χ1) is 19.7. The number of hydrogen-bond acceptors (Lipinski definition) is 7. The Hall–Kier alpha value is -4.38. The summed E-state index contributed by atoms with van der Waals surface area (Å²) in [6, 6.07) is 10.4. The van der Waals surface area contributed by atoms with Crippen molar-refractivity contribution in [1.82, 2.24) is 30.8 Å². The van der Waals surface area contributed by atoms with Crippen molar-refractivity contribution in [2.75, 3.05) is 13.1 Å². The first kappa shape index (κ1) is 31.2. The maximum Gasteiger partial charge on any atom is 0.325 e. The number of amides is 3. The van der Waals surface area contributed by atoms with Gasteiger partial charge in [-0.3, -0.25) is 34.0 Å². The van der Waals surface area contributed by atoms with E-state index in [0.717, 1.165) is 22.7 Å². The van der Waals surface area contributed by atoms with Gasteiger partial charge in [0.25, 0.3) is 0 Å². The number of nitrogens with one attached hydrogen (secondary N) is 3. The Morgan fingerprint density at radius 2 is 1.59 bits per heavy atom. The maximum absolute atomic E-state index is 13.0. The molecule has 0 aliphatic heterocycles. The van der Waals surface area contributed by atoms with E-state index in [0.29, 0.717) is 32.5 Å². The average molecular weight is 563 g/mol. The van der Waals surface area contributed by atoms with Gasteiger partial charge < -0.3 is 21.1 Å². The highest BCUT2D eigenvalue weighted by molar-refractivity contribution is 5.86. The number of carbonyl (C=O) groups is 4. The lowest BCUT2D eigenvalue weighted by Crippen LogP contribution is -2.38. The second-order valence-electron chi connectivity index (χ2n) is 10.1. The van der Waals surface area contributed by atoms with Crippen molar-refractivity contribution in [1.29, 1.82) is 0 Å². The molecule has 3 amide bonds. The van der Waals surface area contributed by atoms with E-state index in [9.17, 15) is 19.2 Å². The zero-order chi connectivity index (χ0) is 29.6. The molecule has 2 heterocycles. The molecule has 0 saturated heterocycles. The molecule has 4 N–H and O–H groups in total. The van der Waals surface area contributed by atoms with Crippen LogP contribution in [0.2, 0.25) is 0 Å². The molecule has 0 fully saturated rings. The van der Waals surface area contributed by atoms with E-state index in [1.54, 1.807) is 12.4 Å². The maximum atomic E-state index is 13.0. The van der Waals surface area contributed by atoms with Gasteiger partial charge >= 0.3 is 5.97 Å². The number of carboxylic acid groups (broad SMARTS) is 1. The third kappa shape index (κ3) is 11.3. The number of rotatable bonds is 15. The monoisotopic (exact) mass is 562 g/mol. The van der Waals surface area contributed by atoms with Gasteiger partial charge in [-0.15, -0.1) is 0 Å². The van der Waals surface area contributed by atoms with Crippen molar-refractivity contribution in [3.05, 3.63) is 83.6 Å². The first-order valence-corrected chi connectivity index (χ1v) is 13.7. The van der Waals surface area contributed by atoms with E-state index < -0.39 is 17.9 Å². The molecule has 0 bridgehead atoms. The highest BCUT2D eigenvalue weighted by atomic mass is 16.4. The zero-order valence-corrected chi connectivity index (χ0v) is 23.5. The second-order valence-corrected chi connectivity index (χ2v) is 10.1. The number of carbonyl (C=O) groups excluding carboxylic acids is 3. The topological polar surface area (TPSA) is 154 Å². The molecule has 1 aliphatic carbocycles. The van der Waals surface area contributed by atoms with Gasteiger partial charge in [0.2, 0.25) is 17.7 Å². The van der Waals surface area contributed by atoms with Crippen molar-refractivity contribution in [3.8, 4) is 0 Å². The summed E-state index contributed by atoms with van der Waals surface area (Å²) >= 11 is 0. The van der Waals surface area contributed by atoms with E-state index in [1.807, 2.05) is 53.5 Å². The van der Waals surface area contributed by atoms with Gasteiger partial charge in [0.15, 0.2) is 0 Å². The summed E-state index contributed by atoms with van der Waals surface area (Å²) in [5.74, 6) is -1.79. The number of aromatic nitrogens is 2. The number of carboxylic acids is 1. The Labute approximate surface area is 240 Å². The Kier molecular flexibility index (Phi) is 12.2. The molecule has 0 aromatic carbocycles. The van der Waals surface area contributed by atoms with Gasteiger partial charge in [-0.05, 0) is 56.0 Å². The van der Waals surface area contributed by atoms with Crippen LogP contribution in [-0.2, 0) is 32.3 Å². The lowest BCUT2D eigenvalue weighted by Gasteiger charge is -2.24. The summed E-state index contributed by atoms with van der Waals surface area (Å²) in [5.41, 5.74) is 3.74. The van der Waals surface area contributed by atoms with Crippen molar-refractivity contribution < 1.29 is 24.3 Å². The van der Waals surface area contributed by atoms with Gasteiger partial charge in [0, 0.05) is 50.6 Å². The molecule has 11 nitrogen and oxygen atoms in total. The van der Waals surface area contributed by atoms with Crippen LogP contribution in [0.25, 0.3) is 0 Å². The highest BCUT2D eigenvalue weighted by Crippen LogP contribution is 2.25. The summed E-state index contributed by atoms with van der Waals surface area (Å²) in [5, 5.41) is 17.0. The van der Waals surface area contributed by atoms with Crippen LogP contribution in [0.4, 0.5) is 0 Å². The van der Waals surface area contributed by atoms with Crippen LogP contribution in [0.15, 0.2) is 72.2 Å². The molecule has 11 heteroatoms. The van der Waals surface area contributed by atoms with Crippen LogP contribution in [0.5, 0.6) is 0 Å². The second kappa shape index (κ2) is 16.0. The summed E-state index contributed by atoms with van der Waals surface area (Å²) in [7, 11) is 0. The molecule has 2 aromatic heterocycles. The number of allylic oxidation sites excluding steroid dienone is 3. The minimum absolute atomic E-state index is 0.0133. The molecule has 1 unspecified atom stereocenters. The van der Waals surface area contributed by atoms with Gasteiger partial charge in [-0.1, -0.05) is 30.7 Å². The van der Waals surface area contributed by atoms with Gasteiger partial charge in [-0.25, -0.2) is 0 Å². The van der Waals surface area contributed by atoms with Gasteiger partial charge in [0.05, 0.1) is 17.9 Å². The molecule has 0 spiro atoms. The van der Waals surface area contributed by atoms with E-state index >= 15 is 0 Å².